The normalized spacial score (nSPS) is 12.4. The van der Waals surface area contributed by atoms with Gasteiger partial charge in [-0.25, -0.2) is 4.79 Å². The Morgan fingerprint density at radius 2 is 2.38 bits per heavy atom. The molecule has 0 spiro atoms. The Kier molecular flexibility index (Phi) is 2.76. The van der Waals surface area contributed by atoms with Crippen molar-refractivity contribution in [3.63, 3.8) is 0 Å². The highest BCUT2D eigenvalue weighted by atomic mass is 16.5. The molecule has 5 heteroatoms. The Labute approximate surface area is 92.6 Å². The van der Waals surface area contributed by atoms with Crippen molar-refractivity contribution in [2.75, 3.05) is 7.11 Å². The number of ether oxygens (including phenoxy) is 1. The summed E-state index contributed by atoms with van der Waals surface area (Å²) in [5.74, 6) is -0.318. The first kappa shape index (κ1) is 10.5. The van der Waals surface area contributed by atoms with Crippen LogP contribution in [0.3, 0.4) is 0 Å². The predicted molar refractivity (Wildman–Crippen MR) is 56.7 cm³/mol. The molecule has 2 rings (SSSR count). The monoisotopic (exact) mass is 220 g/mol. The maximum atomic E-state index is 11.3. The number of esters is 1. The van der Waals surface area contributed by atoms with E-state index in [-0.39, 0.29) is 5.97 Å². The maximum Gasteiger partial charge on any atom is 0.330 e. The minimum absolute atomic E-state index is 0.318. The summed E-state index contributed by atoms with van der Waals surface area (Å²) < 4.78 is 11.2. The zero-order chi connectivity index (χ0) is 11.5. The third kappa shape index (κ3) is 1.84. The van der Waals surface area contributed by atoms with E-state index in [1.807, 2.05) is 6.07 Å². The van der Waals surface area contributed by atoms with Gasteiger partial charge in [0.15, 0.2) is 0 Å². The number of nitrogens with zero attached hydrogens (tertiary/aromatic N) is 2. The summed E-state index contributed by atoms with van der Waals surface area (Å²) in [6, 6.07) is 1.41. The highest BCUT2D eigenvalue weighted by Gasteiger charge is 2.16. The standard InChI is InChI=1S/C11H12N2O3/c1-8(11(14)15-2)13-6-10(5-12-13)9-3-4-16-7-9/h3-8H,1-2H3. The average molecular weight is 220 g/mol. The molecule has 0 radical (unpaired) electrons. The van der Waals surface area contributed by atoms with E-state index in [0.29, 0.717) is 0 Å². The lowest BCUT2D eigenvalue weighted by atomic mass is 10.2. The van der Waals surface area contributed by atoms with Crippen molar-refractivity contribution in [3.8, 4) is 11.1 Å². The minimum atomic E-state index is -0.425. The summed E-state index contributed by atoms with van der Waals surface area (Å²) in [5.41, 5.74) is 1.84. The van der Waals surface area contributed by atoms with Gasteiger partial charge in [-0.15, -0.1) is 0 Å². The fraction of sp³-hybridized carbons (Fsp3) is 0.273. The summed E-state index contributed by atoms with van der Waals surface area (Å²) in [6.07, 6.45) is 6.69. The molecular formula is C11H12N2O3. The molecule has 0 aliphatic carbocycles. The summed E-state index contributed by atoms with van der Waals surface area (Å²) in [4.78, 5) is 11.3. The first-order chi connectivity index (χ1) is 7.72. The molecule has 0 aromatic carbocycles. The van der Waals surface area contributed by atoms with Gasteiger partial charge in [0.25, 0.3) is 0 Å². The average Bonchev–Trinajstić information content (AvgIpc) is 2.96. The van der Waals surface area contributed by atoms with E-state index in [0.717, 1.165) is 11.1 Å². The summed E-state index contributed by atoms with van der Waals surface area (Å²) in [7, 11) is 1.36. The van der Waals surface area contributed by atoms with Gasteiger partial charge < -0.3 is 9.15 Å². The molecule has 0 aliphatic heterocycles. The molecule has 0 bridgehead atoms. The quantitative estimate of drug-likeness (QED) is 0.741. The van der Waals surface area contributed by atoms with Crippen molar-refractivity contribution in [1.82, 2.24) is 9.78 Å². The van der Waals surface area contributed by atoms with Crippen LogP contribution in [-0.2, 0) is 9.53 Å². The van der Waals surface area contributed by atoms with E-state index in [1.165, 1.54) is 7.11 Å². The fourth-order valence-corrected chi connectivity index (χ4v) is 1.41. The lowest BCUT2D eigenvalue weighted by molar-refractivity contribution is -0.144. The molecule has 2 heterocycles. The van der Waals surface area contributed by atoms with Crippen LogP contribution in [0.2, 0.25) is 0 Å². The van der Waals surface area contributed by atoms with Crippen molar-refractivity contribution in [1.29, 1.82) is 0 Å². The molecule has 0 N–H and O–H groups in total. The van der Waals surface area contributed by atoms with E-state index >= 15 is 0 Å². The van der Waals surface area contributed by atoms with Crippen LogP contribution >= 0.6 is 0 Å². The van der Waals surface area contributed by atoms with Gasteiger partial charge in [-0.1, -0.05) is 0 Å². The molecule has 0 fully saturated rings. The van der Waals surface area contributed by atoms with Gasteiger partial charge in [0.05, 0.1) is 25.8 Å². The second-order valence-corrected chi connectivity index (χ2v) is 3.42. The van der Waals surface area contributed by atoms with E-state index in [2.05, 4.69) is 9.84 Å². The first-order valence-corrected chi connectivity index (χ1v) is 4.87. The molecule has 0 saturated carbocycles. The number of furan rings is 1. The van der Waals surface area contributed by atoms with Crippen LogP contribution in [-0.4, -0.2) is 22.9 Å². The largest absolute Gasteiger partial charge is 0.472 e. The molecular weight excluding hydrogens is 208 g/mol. The van der Waals surface area contributed by atoms with Crippen LogP contribution in [0.15, 0.2) is 35.4 Å². The lowest BCUT2D eigenvalue weighted by Gasteiger charge is -2.08. The van der Waals surface area contributed by atoms with Gasteiger partial charge >= 0.3 is 5.97 Å². The maximum absolute atomic E-state index is 11.3. The van der Waals surface area contributed by atoms with Gasteiger partial charge in [0.2, 0.25) is 0 Å². The number of hydrogen-bond acceptors (Lipinski definition) is 4. The fourth-order valence-electron chi connectivity index (χ4n) is 1.41. The Morgan fingerprint density at radius 1 is 1.56 bits per heavy atom. The molecule has 0 saturated heterocycles. The van der Waals surface area contributed by atoms with Crippen molar-refractivity contribution in [2.24, 2.45) is 0 Å². The molecule has 1 unspecified atom stereocenters. The Bertz CT molecular complexity index is 473. The molecule has 2 aromatic rings. The minimum Gasteiger partial charge on any atom is -0.472 e. The number of carbonyl (C=O) groups excluding carboxylic acids is 1. The highest BCUT2D eigenvalue weighted by molar-refractivity contribution is 5.73. The third-order valence-corrected chi connectivity index (χ3v) is 2.40. The van der Waals surface area contributed by atoms with Crippen LogP contribution in [0.25, 0.3) is 11.1 Å². The SMILES string of the molecule is COC(=O)C(C)n1cc(-c2ccoc2)cn1. The zero-order valence-corrected chi connectivity index (χ0v) is 9.08. The summed E-state index contributed by atoms with van der Waals surface area (Å²) >= 11 is 0. The van der Waals surface area contributed by atoms with Gasteiger partial charge in [-0.05, 0) is 13.0 Å². The molecule has 0 amide bonds. The lowest BCUT2D eigenvalue weighted by Crippen LogP contribution is -2.17. The zero-order valence-electron chi connectivity index (χ0n) is 9.08. The molecule has 16 heavy (non-hydrogen) atoms. The van der Waals surface area contributed by atoms with Gasteiger partial charge in [-0.2, -0.15) is 5.10 Å². The van der Waals surface area contributed by atoms with Crippen molar-refractivity contribution in [3.05, 3.63) is 31.0 Å². The van der Waals surface area contributed by atoms with Gasteiger partial charge in [0.1, 0.15) is 6.04 Å². The number of methoxy groups -OCH3 is 1. The highest BCUT2D eigenvalue weighted by Crippen LogP contribution is 2.20. The summed E-state index contributed by atoms with van der Waals surface area (Å²) in [6.45, 7) is 1.73. The Morgan fingerprint density at radius 3 is 3.00 bits per heavy atom. The van der Waals surface area contributed by atoms with E-state index in [1.54, 1.807) is 36.5 Å². The Balaban J connectivity index is 2.23. The Hall–Kier alpha value is -2.04. The topological polar surface area (TPSA) is 57.3 Å². The smallest absolute Gasteiger partial charge is 0.330 e. The van der Waals surface area contributed by atoms with Crippen molar-refractivity contribution in [2.45, 2.75) is 13.0 Å². The first-order valence-electron chi connectivity index (χ1n) is 4.87. The second-order valence-electron chi connectivity index (χ2n) is 3.42. The van der Waals surface area contributed by atoms with Crippen LogP contribution in [0.4, 0.5) is 0 Å². The summed E-state index contributed by atoms with van der Waals surface area (Å²) in [5, 5.41) is 4.12. The molecule has 2 aromatic heterocycles. The molecule has 84 valence electrons. The van der Waals surface area contributed by atoms with E-state index in [4.69, 9.17) is 4.42 Å². The number of aromatic nitrogens is 2. The molecule has 0 aliphatic rings. The number of rotatable bonds is 3. The van der Waals surface area contributed by atoms with E-state index < -0.39 is 6.04 Å². The van der Waals surface area contributed by atoms with Crippen molar-refractivity contribution < 1.29 is 13.9 Å². The van der Waals surface area contributed by atoms with Crippen molar-refractivity contribution >= 4 is 5.97 Å². The number of carbonyl (C=O) groups is 1. The van der Waals surface area contributed by atoms with Crippen LogP contribution in [0.5, 0.6) is 0 Å². The second kappa shape index (κ2) is 4.22. The predicted octanol–water partition coefficient (Wildman–Crippen LogP) is 1.88. The molecule has 5 nitrogen and oxygen atoms in total. The van der Waals surface area contributed by atoms with Crippen LogP contribution in [0, 0.1) is 0 Å². The third-order valence-electron chi connectivity index (χ3n) is 2.40. The van der Waals surface area contributed by atoms with Gasteiger partial charge in [0, 0.05) is 17.3 Å². The van der Waals surface area contributed by atoms with Crippen LogP contribution < -0.4 is 0 Å². The van der Waals surface area contributed by atoms with E-state index in [9.17, 15) is 4.79 Å². The molecule has 1 atom stereocenters. The van der Waals surface area contributed by atoms with Gasteiger partial charge in [-0.3, -0.25) is 4.68 Å². The van der Waals surface area contributed by atoms with Crippen LogP contribution in [0.1, 0.15) is 13.0 Å². The number of hydrogen-bond donors (Lipinski definition) is 0.